The van der Waals surface area contributed by atoms with E-state index >= 15 is 0 Å². The highest BCUT2D eigenvalue weighted by Crippen LogP contribution is 3.59. The fourth-order valence-electron chi connectivity index (χ4n) is 6.71. The molecule has 0 aliphatic carbocycles. The van der Waals surface area contributed by atoms with E-state index in [0.29, 0.717) is 61.9 Å². The molecule has 0 N–H and O–H groups in total. The lowest BCUT2D eigenvalue weighted by atomic mass is 9.98. The van der Waals surface area contributed by atoms with Gasteiger partial charge in [-0.15, -0.1) is 0 Å². The molecule has 5 aliphatic heterocycles. The molecule has 6 heteroatoms. The molecule has 5 fully saturated rings. The van der Waals surface area contributed by atoms with Crippen LogP contribution in [-0.4, -0.2) is 19.1 Å². The Labute approximate surface area is 143 Å². The largest absolute Gasteiger partial charge is 0.0607 e. The summed E-state index contributed by atoms with van der Waals surface area (Å²) in [5, 5.41) is 1.39. The molecule has 5 aliphatic rings. The van der Waals surface area contributed by atoms with Gasteiger partial charge in [0, 0.05) is 9.78 Å². The van der Waals surface area contributed by atoms with Gasteiger partial charge in [0.25, 0.3) is 0 Å². The first-order valence-corrected chi connectivity index (χ1v) is 19.0. The molecule has 5 rings (SSSR count). The Bertz CT molecular complexity index is 623. The van der Waals surface area contributed by atoms with Gasteiger partial charge in [-0.1, -0.05) is 78.2 Å². The number of hydrogen-bond acceptors (Lipinski definition) is 0. The zero-order valence-corrected chi connectivity index (χ0v) is 20.6. The van der Waals surface area contributed by atoms with Crippen molar-refractivity contribution >= 4 is 45.7 Å². The molecule has 5 heterocycles. The summed E-state index contributed by atoms with van der Waals surface area (Å²) in [4.78, 5) is 0. The Hall–Kier alpha value is 2.58. The molecule has 0 saturated carbocycles. The first kappa shape index (κ1) is 15.6. The third-order valence-electron chi connectivity index (χ3n) is 7.08. The maximum Gasteiger partial charge on any atom is 0.0508 e. The van der Waals surface area contributed by atoms with Crippen LogP contribution in [0, 0.1) is 16.2 Å². The highest BCUT2D eigenvalue weighted by Gasteiger charge is 3.15. The third-order valence-corrected chi connectivity index (χ3v) is 62.7. The molecule has 10 atom stereocenters. The smallest absolute Gasteiger partial charge is 0.0508 e. The van der Waals surface area contributed by atoms with Gasteiger partial charge in [-0.25, -0.2) is 0 Å². The van der Waals surface area contributed by atoms with Crippen LogP contribution in [0.1, 0.15) is 62.3 Å². The van der Waals surface area contributed by atoms with Gasteiger partial charge in [0.15, 0.2) is 0 Å². The minimum Gasteiger partial charge on any atom is -0.0607 e. The molecule has 0 spiro atoms. The Balaban J connectivity index is 1.61. The molecule has 0 aromatic rings. The van der Waals surface area contributed by atoms with Crippen LogP contribution in [0.4, 0.5) is 0 Å². The summed E-state index contributed by atoms with van der Waals surface area (Å²) >= 11 is 0. The lowest BCUT2D eigenvalue weighted by Crippen LogP contribution is -2.64. The van der Waals surface area contributed by atoms with E-state index in [2.05, 4.69) is 62.3 Å². The van der Waals surface area contributed by atoms with Crippen LogP contribution in [-0.2, 0) is 0 Å². The second-order valence-electron chi connectivity index (χ2n) is 11.0. The summed E-state index contributed by atoms with van der Waals surface area (Å²) in [5.41, 5.74) is 1.96. The zero-order valence-electron chi connectivity index (χ0n) is 15.3. The van der Waals surface area contributed by atoms with Gasteiger partial charge in [0.1, 0.15) is 0 Å². The molecule has 10 unspecified atom stereocenters. The first-order chi connectivity index (χ1) is 9.85. The average molecular weight is 406 g/mol. The van der Waals surface area contributed by atoms with E-state index in [1.807, 2.05) is 0 Å². The van der Waals surface area contributed by atoms with Crippen LogP contribution in [0.2, 0.25) is 0 Å². The van der Waals surface area contributed by atoms with Crippen LogP contribution in [0.25, 0.3) is 0 Å². The number of fused-ring (bicyclic) bond motifs is 15. The van der Waals surface area contributed by atoms with Gasteiger partial charge in [0.2, 0.25) is 0 Å². The minimum absolute atomic E-state index is 0.440. The topological polar surface area (TPSA) is 0 Å². The number of hydrogen-bond donors (Lipinski definition) is 0. The molecule has 122 valence electrons. The Kier molecular flexibility index (Phi) is 2.40. The fourth-order valence-corrected chi connectivity index (χ4v) is 104. The van der Waals surface area contributed by atoms with Crippen molar-refractivity contribution in [1.82, 2.24) is 0 Å². The van der Waals surface area contributed by atoms with E-state index < -0.39 is 0 Å². The molecular formula is C16H28P6. The van der Waals surface area contributed by atoms with Crippen molar-refractivity contribution < 1.29 is 0 Å². The number of rotatable bonds is 0. The van der Waals surface area contributed by atoms with Gasteiger partial charge in [-0.3, -0.25) is 0 Å². The fraction of sp³-hybridized carbons (Fsp3) is 1.00. The van der Waals surface area contributed by atoms with E-state index in [-0.39, 0.29) is 0 Å². The Morgan fingerprint density at radius 2 is 1.05 bits per heavy atom. The SMILES string of the molecule is CC(C)(C)C12P3C4P1C1(C(C)(C)C)P4C4(C(C)(C)C)P3P2P41. The second kappa shape index (κ2) is 3.39. The summed E-state index contributed by atoms with van der Waals surface area (Å²) in [6, 6.07) is 0. The zero-order chi connectivity index (χ0) is 16.0. The van der Waals surface area contributed by atoms with Crippen molar-refractivity contribution in [1.29, 1.82) is 0 Å². The van der Waals surface area contributed by atoms with E-state index in [9.17, 15) is 0 Å². The van der Waals surface area contributed by atoms with Gasteiger partial charge in [-0.05, 0) is 46.1 Å². The van der Waals surface area contributed by atoms with Gasteiger partial charge >= 0.3 is 0 Å². The summed E-state index contributed by atoms with van der Waals surface area (Å²) < 4.78 is 3.02. The monoisotopic (exact) mass is 406 g/mol. The van der Waals surface area contributed by atoms with Crippen LogP contribution in [0.5, 0.6) is 0 Å². The van der Waals surface area contributed by atoms with E-state index in [0.717, 1.165) is 13.9 Å². The van der Waals surface area contributed by atoms with Crippen molar-refractivity contribution in [2.45, 2.75) is 81.4 Å². The maximum absolute atomic E-state index is 2.66. The molecule has 0 amide bonds. The minimum atomic E-state index is 0.440. The second-order valence-corrected chi connectivity index (χ2v) is 36.1. The van der Waals surface area contributed by atoms with Crippen molar-refractivity contribution in [2.24, 2.45) is 16.2 Å². The highest BCUT2D eigenvalue weighted by atomic mass is 32.7. The summed E-state index contributed by atoms with van der Waals surface area (Å²) in [5.74, 6) is 0. The Morgan fingerprint density at radius 3 is 1.50 bits per heavy atom. The highest BCUT2D eigenvalue weighted by molar-refractivity contribution is 9.04. The van der Waals surface area contributed by atoms with Crippen molar-refractivity contribution in [3.8, 4) is 0 Å². The van der Waals surface area contributed by atoms with Crippen molar-refractivity contribution in [3.63, 3.8) is 0 Å². The predicted octanol–water partition coefficient (Wildman–Crippen LogP) is 9.09. The molecular weight excluding hydrogens is 378 g/mol. The molecule has 0 nitrogen and oxygen atoms in total. The maximum atomic E-state index is 2.66. The van der Waals surface area contributed by atoms with Crippen molar-refractivity contribution in [3.05, 3.63) is 0 Å². The molecule has 0 aromatic carbocycles. The van der Waals surface area contributed by atoms with Gasteiger partial charge in [-0.2, -0.15) is 0 Å². The van der Waals surface area contributed by atoms with Gasteiger partial charge < -0.3 is 0 Å². The average Bonchev–Trinajstić information content (AvgIpc) is 2.70. The summed E-state index contributed by atoms with van der Waals surface area (Å²) in [7, 11) is 2.97. The van der Waals surface area contributed by atoms with E-state index in [1.165, 1.54) is 5.14 Å². The molecule has 0 bridgehead atoms. The van der Waals surface area contributed by atoms with E-state index in [1.54, 1.807) is 0 Å². The Morgan fingerprint density at radius 1 is 0.591 bits per heavy atom. The standard InChI is InChI=1S/C16H28P6/c1-11(2,3)14-17-10-18(14)16(13(7,8)9)20(14)22-15(17,12(4,5)6)19(10)21(16)22/h10H,1-9H3. The molecule has 5 saturated heterocycles. The van der Waals surface area contributed by atoms with Crippen molar-refractivity contribution in [2.75, 3.05) is 0 Å². The van der Waals surface area contributed by atoms with E-state index in [4.69, 9.17) is 0 Å². The van der Waals surface area contributed by atoms with Crippen LogP contribution in [0.15, 0.2) is 0 Å². The lowest BCUT2D eigenvalue weighted by Gasteiger charge is -2.85. The lowest BCUT2D eigenvalue weighted by molar-refractivity contribution is 0.368. The molecule has 0 aromatic heterocycles. The molecule has 0 radical (unpaired) electrons. The first-order valence-electron chi connectivity index (χ1n) is 8.64. The predicted molar refractivity (Wildman–Crippen MR) is 112 cm³/mol. The van der Waals surface area contributed by atoms with Crippen LogP contribution in [0.3, 0.4) is 0 Å². The van der Waals surface area contributed by atoms with Crippen LogP contribution >= 0.6 is 45.7 Å². The third kappa shape index (κ3) is 0.909. The quantitative estimate of drug-likeness (QED) is 0.352. The summed E-state index contributed by atoms with van der Waals surface area (Å²) in [6.07, 6.45) is 0. The molecule has 22 heavy (non-hydrogen) atoms. The van der Waals surface area contributed by atoms with Gasteiger partial charge in [0.05, 0.1) is 9.28 Å². The summed E-state index contributed by atoms with van der Waals surface area (Å²) in [6.45, 7) is 23.9. The van der Waals surface area contributed by atoms with Crippen LogP contribution < -0.4 is 0 Å². The normalized spacial score (nSPS) is 68.3.